The van der Waals surface area contributed by atoms with Crippen molar-refractivity contribution in [3.63, 3.8) is 0 Å². The molecule has 148 valence electrons. The lowest BCUT2D eigenvalue weighted by atomic mass is 9.95. The van der Waals surface area contributed by atoms with Crippen molar-refractivity contribution >= 4 is 34.2 Å². The predicted molar refractivity (Wildman–Crippen MR) is 113 cm³/mol. The molecule has 0 saturated carbocycles. The van der Waals surface area contributed by atoms with Gasteiger partial charge in [-0.05, 0) is 38.3 Å². The average Bonchev–Trinajstić information content (AvgIpc) is 3.09. The van der Waals surface area contributed by atoms with Crippen LogP contribution in [0.25, 0.3) is 16.6 Å². The molecule has 1 aliphatic heterocycles. The van der Waals surface area contributed by atoms with Crippen LogP contribution in [0.15, 0.2) is 29.4 Å². The maximum atomic E-state index is 12.8. The van der Waals surface area contributed by atoms with Crippen LogP contribution in [0.1, 0.15) is 52.8 Å². The first-order chi connectivity index (χ1) is 13.4. The zero-order valence-electron chi connectivity index (χ0n) is 17.0. The van der Waals surface area contributed by atoms with E-state index < -0.39 is 0 Å². The van der Waals surface area contributed by atoms with E-state index in [4.69, 9.17) is 4.98 Å². The Hall–Kier alpha value is -2.15. The molecule has 1 aromatic carbocycles. The molecule has 0 radical (unpaired) electrons. The van der Waals surface area contributed by atoms with E-state index in [2.05, 4.69) is 37.9 Å². The Bertz CT molecular complexity index is 1020. The van der Waals surface area contributed by atoms with E-state index in [1.54, 1.807) is 0 Å². The Morgan fingerprint density at radius 1 is 1.21 bits per heavy atom. The Labute approximate surface area is 169 Å². The lowest BCUT2D eigenvalue weighted by molar-refractivity contribution is -0.131. The van der Waals surface area contributed by atoms with Gasteiger partial charge in [-0.1, -0.05) is 44.7 Å². The van der Waals surface area contributed by atoms with E-state index in [1.165, 1.54) is 18.2 Å². The van der Waals surface area contributed by atoms with Gasteiger partial charge in [-0.15, -0.1) is 10.2 Å². The fourth-order valence-electron chi connectivity index (χ4n) is 3.83. The quantitative estimate of drug-likeness (QED) is 0.624. The number of fused-ring (bicyclic) bond motifs is 3. The molecule has 0 aliphatic carbocycles. The van der Waals surface area contributed by atoms with Gasteiger partial charge < -0.3 is 4.90 Å². The molecule has 3 aromatic rings. The number of hydrogen-bond donors (Lipinski definition) is 0. The first-order valence-electron chi connectivity index (χ1n) is 9.93. The molecule has 0 spiro atoms. The van der Waals surface area contributed by atoms with E-state index in [9.17, 15) is 4.79 Å². The standard InChI is InChI=1S/C21H27N5OS/c1-14-9-7-8-12-25(14)17(27)13-28-20-24-23-18-15-10-5-6-11-16(15)22-19(26(18)20)21(2,3)4/h5-6,10-11,14H,7-9,12-13H2,1-4H3. The molecule has 0 bridgehead atoms. The molecule has 2 aromatic heterocycles. The highest BCUT2D eigenvalue weighted by Gasteiger charge is 2.26. The van der Waals surface area contributed by atoms with Gasteiger partial charge in [0, 0.05) is 23.4 Å². The van der Waals surface area contributed by atoms with Crippen LogP contribution in [-0.2, 0) is 10.2 Å². The van der Waals surface area contributed by atoms with Crippen LogP contribution in [0.4, 0.5) is 0 Å². The lowest BCUT2D eigenvalue weighted by Gasteiger charge is -2.33. The van der Waals surface area contributed by atoms with Crippen molar-refractivity contribution in [1.29, 1.82) is 0 Å². The molecule has 1 aliphatic rings. The van der Waals surface area contributed by atoms with Crippen LogP contribution in [-0.4, -0.2) is 48.7 Å². The van der Waals surface area contributed by atoms with E-state index in [-0.39, 0.29) is 11.3 Å². The van der Waals surface area contributed by atoms with Gasteiger partial charge in [-0.2, -0.15) is 0 Å². The van der Waals surface area contributed by atoms with Gasteiger partial charge in [0.15, 0.2) is 10.8 Å². The normalized spacial score (nSPS) is 18.1. The number of carbonyl (C=O) groups excluding carboxylic acids is 1. The minimum absolute atomic E-state index is 0.175. The minimum Gasteiger partial charge on any atom is -0.339 e. The summed E-state index contributed by atoms with van der Waals surface area (Å²) >= 11 is 1.46. The first kappa shape index (κ1) is 19.2. The fourth-order valence-corrected chi connectivity index (χ4v) is 4.65. The summed E-state index contributed by atoms with van der Waals surface area (Å²) in [5.74, 6) is 1.47. The number of carbonyl (C=O) groups is 1. The number of likely N-dealkylation sites (tertiary alicyclic amines) is 1. The van der Waals surface area contributed by atoms with Crippen molar-refractivity contribution in [2.24, 2.45) is 0 Å². The number of para-hydroxylation sites is 1. The summed E-state index contributed by atoms with van der Waals surface area (Å²) in [5, 5.41) is 10.6. The molecule has 7 heteroatoms. The molecule has 4 rings (SSSR count). The molecule has 3 heterocycles. The topological polar surface area (TPSA) is 63.4 Å². The molecule has 1 fully saturated rings. The number of piperidine rings is 1. The second kappa shape index (κ2) is 7.35. The van der Waals surface area contributed by atoms with Crippen LogP contribution in [0, 0.1) is 0 Å². The van der Waals surface area contributed by atoms with Crippen molar-refractivity contribution < 1.29 is 4.79 Å². The van der Waals surface area contributed by atoms with Gasteiger partial charge in [0.1, 0.15) is 5.82 Å². The van der Waals surface area contributed by atoms with Gasteiger partial charge in [0.25, 0.3) is 0 Å². The molecule has 1 unspecified atom stereocenters. The second-order valence-electron chi connectivity index (χ2n) is 8.56. The van der Waals surface area contributed by atoms with Gasteiger partial charge in [0.05, 0.1) is 11.3 Å². The highest BCUT2D eigenvalue weighted by molar-refractivity contribution is 7.99. The smallest absolute Gasteiger partial charge is 0.233 e. The van der Waals surface area contributed by atoms with E-state index >= 15 is 0 Å². The molecule has 6 nitrogen and oxygen atoms in total. The number of benzene rings is 1. The molecule has 0 N–H and O–H groups in total. The number of hydrogen-bond acceptors (Lipinski definition) is 5. The highest BCUT2D eigenvalue weighted by atomic mass is 32.2. The van der Waals surface area contributed by atoms with Crippen molar-refractivity contribution in [3.8, 4) is 0 Å². The van der Waals surface area contributed by atoms with E-state index in [0.717, 1.165) is 46.9 Å². The maximum absolute atomic E-state index is 12.8. The van der Waals surface area contributed by atoms with Crippen LogP contribution < -0.4 is 0 Å². The summed E-state index contributed by atoms with van der Waals surface area (Å²) in [6.45, 7) is 9.41. The molecule has 1 saturated heterocycles. The molecule has 1 amide bonds. The third-order valence-corrected chi connectivity index (χ3v) is 6.25. The summed E-state index contributed by atoms with van der Waals surface area (Å²) in [5.41, 5.74) is 1.55. The SMILES string of the molecule is CC1CCCCN1C(=O)CSc1nnc2c3ccccc3nc(C(C)(C)C)n12. The zero-order valence-corrected chi connectivity index (χ0v) is 17.8. The Morgan fingerprint density at radius 2 is 2.00 bits per heavy atom. The first-order valence-corrected chi connectivity index (χ1v) is 10.9. The summed E-state index contributed by atoms with van der Waals surface area (Å²) in [6, 6.07) is 8.33. The van der Waals surface area contributed by atoms with Crippen LogP contribution in [0.5, 0.6) is 0 Å². The Morgan fingerprint density at radius 3 is 2.75 bits per heavy atom. The van der Waals surface area contributed by atoms with Crippen molar-refractivity contribution in [1.82, 2.24) is 24.5 Å². The van der Waals surface area contributed by atoms with Gasteiger partial charge in [0.2, 0.25) is 5.91 Å². The molecule has 28 heavy (non-hydrogen) atoms. The van der Waals surface area contributed by atoms with Crippen LogP contribution in [0.2, 0.25) is 0 Å². The van der Waals surface area contributed by atoms with Crippen molar-refractivity contribution in [2.75, 3.05) is 12.3 Å². The third kappa shape index (κ3) is 3.48. The highest BCUT2D eigenvalue weighted by Crippen LogP contribution is 2.30. The summed E-state index contributed by atoms with van der Waals surface area (Å²) in [4.78, 5) is 19.7. The van der Waals surface area contributed by atoms with Crippen molar-refractivity contribution in [2.45, 2.75) is 63.6 Å². The maximum Gasteiger partial charge on any atom is 0.233 e. The van der Waals surface area contributed by atoms with E-state index in [0.29, 0.717) is 11.8 Å². The monoisotopic (exact) mass is 397 g/mol. The largest absolute Gasteiger partial charge is 0.339 e. The number of rotatable bonds is 3. The summed E-state index contributed by atoms with van der Waals surface area (Å²) in [6.07, 6.45) is 3.40. The predicted octanol–water partition coefficient (Wildman–Crippen LogP) is 4.07. The number of amides is 1. The van der Waals surface area contributed by atoms with Crippen LogP contribution in [0.3, 0.4) is 0 Å². The van der Waals surface area contributed by atoms with Gasteiger partial charge in [-0.25, -0.2) is 4.98 Å². The second-order valence-corrected chi connectivity index (χ2v) is 9.51. The zero-order chi connectivity index (χ0) is 19.9. The Balaban J connectivity index is 1.70. The number of nitrogens with zero attached hydrogens (tertiary/aromatic N) is 5. The summed E-state index contributed by atoms with van der Waals surface area (Å²) in [7, 11) is 0. The molecular weight excluding hydrogens is 370 g/mol. The van der Waals surface area contributed by atoms with Gasteiger partial charge in [-0.3, -0.25) is 9.20 Å². The molecule has 1 atom stereocenters. The minimum atomic E-state index is -0.175. The Kier molecular flexibility index (Phi) is 5.04. The third-order valence-electron chi connectivity index (χ3n) is 5.34. The lowest BCUT2D eigenvalue weighted by Crippen LogP contribution is -2.42. The number of aromatic nitrogens is 4. The van der Waals surface area contributed by atoms with Crippen molar-refractivity contribution in [3.05, 3.63) is 30.1 Å². The fraction of sp³-hybridized carbons (Fsp3) is 0.524. The van der Waals surface area contributed by atoms with Gasteiger partial charge >= 0.3 is 0 Å². The summed E-state index contributed by atoms with van der Waals surface area (Å²) < 4.78 is 2.03. The molecular formula is C21H27N5OS. The van der Waals surface area contributed by atoms with E-state index in [1.807, 2.05) is 33.6 Å². The number of thioether (sulfide) groups is 1. The average molecular weight is 398 g/mol. The van der Waals surface area contributed by atoms with Crippen LogP contribution >= 0.6 is 11.8 Å².